The van der Waals surface area contributed by atoms with Gasteiger partial charge in [-0.2, -0.15) is 0 Å². The minimum Gasteiger partial charge on any atom is -0.390 e. The van der Waals surface area contributed by atoms with E-state index in [1.54, 1.807) is 0 Å². The minimum absolute atomic E-state index is 0.0424. The van der Waals surface area contributed by atoms with Crippen LogP contribution in [0.4, 0.5) is 0 Å². The fourth-order valence-electron chi connectivity index (χ4n) is 3.03. The van der Waals surface area contributed by atoms with Gasteiger partial charge in [0.1, 0.15) is 5.69 Å². The van der Waals surface area contributed by atoms with Crippen molar-refractivity contribution in [2.75, 3.05) is 0 Å². The van der Waals surface area contributed by atoms with Crippen LogP contribution in [0.15, 0.2) is 18.3 Å². The number of aliphatic hydroxyl groups excluding tert-OH is 1. The molecule has 0 amide bonds. The van der Waals surface area contributed by atoms with Crippen LogP contribution < -0.4 is 5.32 Å². The van der Waals surface area contributed by atoms with Gasteiger partial charge >= 0.3 is 0 Å². The molecule has 0 unspecified atom stereocenters. The maximum atomic E-state index is 9.14. The fourth-order valence-corrected chi connectivity index (χ4v) is 3.87. The molecular weight excluding hydrogens is 284 g/mol. The number of aryl methyl sites for hydroxylation is 1. The molecule has 5 nitrogen and oxygen atoms in total. The third-order valence-corrected chi connectivity index (χ3v) is 5.12. The van der Waals surface area contributed by atoms with E-state index in [0.29, 0.717) is 17.8 Å². The molecule has 2 heterocycles. The molecule has 1 saturated carbocycles. The van der Waals surface area contributed by atoms with Crippen LogP contribution in [0.1, 0.15) is 47.2 Å². The first-order valence-corrected chi connectivity index (χ1v) is 8.38. The lowest BCUT2D eigenvalue weighted by Crippen LogP contribution is -2.39. The Kier molecular flexibility index (Phi) is 4.67. The van der Waals surface area contributed by atoms with Gasteiger partial charge in [0, 0.05) is 22.3 Å². The van der Waals surface area contributed by atoms with Crippen molar-refractivity contribution in [3.8, 4) is 0 Å². The number of hydrogen-bond acceptors (Lipinski definition) is 5. The van der Waals surface area contributed by atoms with E-state index in [9.17, 15) is 0 Å². The van der Waals surface area contributed by atoms with E-state index in [0.717, 1.165) is 13.0 Å². The monoisotopic (exact) mass is 306 g/mol. The van der Waals surface area contributed by atoms with Gasteiger partial charge in [-0.05, 0) is 31.9 Å². The van der Waals surface area contributed by atoms with Crippen LogP contribution in [0.5, 0.6) is 0 Å². The first-order chi connectivity index (χ1) is 10.3. The largest absolute Gasteiger partial charge is 0.390 e. The van der Waals surface area contributed by atoms with Crippen molar-refractivity contribution < 1.29 is 5.11 Å². The predicted octanol–water partition coefficient (Wildman–Crippen LogP) is 2.41. The molecule has 1 aliphatic rings. The van der Waals surface area contributed by atoms with E-state index in [2.05, 4.69) is 34.7 Å². The van der Waals surface area contributed by atoms with E-state index in [-0.39, 0.29) is 6.61 Å². The first-order valence-electron chi connectivity index (χ1n) is 7.56. The summed E-state index contributed by atoms with van der Waals surface area (Å²) in [6.45, 7) is 3.02. The second kappa shape index (κ2) is 6.68. The zero-order chi connectivity index (χ0) is 14.7. The van der Waals surface area contributed by atoms with Gasteiger partial charge in [0.2, 0.25) is 0 Å². The molecule has 6 heteroatoms. The van der Waals surface area contributed by atoms with Crippen molar-refractivity contribution in [2.24, 2.45) is 0 Å². The van der Waals surface area contributed by atoms with Gasteiger partial charge in [0.15, 0.2) is 0 Å². The highest BCUT2D eigenvalue weighted by atomic mass is 32.1. The summed E-state index contributed by atoms with van der Waals surface area (Å²) >= 11 is 1.85. The van der Waals surface area contributed by atoms with Crippen molar-refractivity contribution in [2.45, 2.75) is 57.8 Å². The summed E-state index contributed by atoms with van der Waals surface area (Å²) in [5.74, 6) is 0. The van der Waals surface area contributed by atoms with Crippen molar-refractivity contribution in [3.63, 3.8) is 0 Å². The summed E-state index contributed by atoms with van der Waals surface area (Å²) in [5, 5.41) is 21.0. The van der Waals surface area contributed by atoms with Crippen molar-refractivity contribution >= 4 is 11.3 Å². The maximum absolute atomic E-state index is 9.14. The third kappa shape index (κ3) is 3.51. The van der Waals surface area contributed by atoms with Crippen molar-refractivity contribution in [3.05, 3.63) is 33.8 Å². The predicted molar refractivity (Wildman–Crippen MR) is 83.1 cm³/mol. The molecule has 114 valence electrons. The molecule has 0 spiro atoms. The molecule has 0 aliphatic heterocycles. The van der Waals surface area contributed by atoms with E-state index >= 15 is 0 Å². The second-order valence-corrected chi connectivity index (χ2v) is 7.07. The van der Waals surface area contributed by atoms with Gasteiger partial charge in [-0.3, -0.25) is 0 Å². The number of nitrogens with zero attached hydrogens (tertiary/aromatic N) is 3. The molecule has 21 heavy (non-hydrogen) atoms. The quantitative estimate of drug-likeness (QED) is 0.890. The number of thiophene rings is 1. The Balaban J connectivity index is 1.66. The van der Waals surface area contributed by atoms with Crippen molar-refractivity contribution in [1.29, 1.82) is 0 Å². The summed E-state index contributed by atoms with van der Waals surface area (Å²) < 4.78 is 1.93. The molecular formula is C15H22N4OS. The highest BCUT2D eigenvalue weighted by Crippen LogP contribution is 2.28. The van der Waals surface area contributed by atoms with Crippen LogP contribution in [0.25, 0.3) is 0 Å². The average Bonchev–Trinajstić information content (AvgIpc) is 3.14. The lowest BCUT2D eigenvalue weighted by molar-refractivity contribution is 0.243. The topological polar surface area (TPSA) is 63.0 Å². The molecule has 2 aromatic heterocycles. The molecule has 2 aromatic rings. The Morgan fingerprint density at radius 1 is 1.38 bits per heavy atom. The maximum Gasteiger partial charge on any atom is 0.108 e. The van der Waals surface area contributed by atoms with Crippen LogP contribution >= 0.6 is 11.3 Å². The summed E-state index contributed by atoms with van der Waals surface area (Å²) in [6, 6.07) is 5.14. The number of hydrogen-bond donors (Lipinski definition) is 2. The highest BCUT2D eigenvalue weighted by molar-refractivity contribution is 7.11. The van der Waals surface area contributed by atoms with E-state index in [1.807, 2.05) is 22.2 Å². The summed E-state index contributed by atoms with van der Waals surface area (Å²) in [4.78, 5) is 2.74. The van der Waals surface area contributed by atoms with E-state index < -0.39 is 0 Å². The van der Waals surface area contributed by atoms with Crippen LogP contribution in [0.3, 0.4) is 0 Å². The Labute approximate surface area is 129 Å². The molecule has 2 N–H and O–H groups in total. The van der Waals surface area contributed by atoms with Gasteiger partial charge in [0.25, 0.3) is 0 Å². The van der Waals surface area contributed by atoms with Gasteiger partial charge in [-0.25, -0.2) is 4.68 Å². The Morgan fingerprint density at radius 2 is 2.24 bits per heavy atom. The molecule has 0 saturated heterocycles. The Morgan fingerprint density at radius 3 is 2.95 bits per heavy atom. The van der Waals surface area contributed by atoms with Gasteiger partial charge in [-0.1, -0.05) is 18.1 Å². The molecule has 1 aliphatic carbocycles. The van der Waals surface area contributed by atoms with Crippen LogP contribution in [0.2, 0.25) is 0 Å². The summed E-state index contributed by atoms with van der Waals surface area (Å²) in [5.41, 5.74) is 0.646. The van der Waals surface area contributed by atoms with Gasteiger partial charge in [0.05, 0.1) is 18.8 Å². The van der Waals surface area contributed by atoms with E-state index in [4.69, 9.17) is 5.11 Å². The first kappa shape index (κ1) is 14.7. The number of aromatic nitrogens is 3. The molecule has 3 rings (SSSR count). The number of rotatable bonds is 5. The molecule has 0 aromatic carbocycles. The Hall–Kier alpha value is -1.24. The second-order valence-electron chi connectivity index (χ2n) is 5.70. The lowest BCUT2D eigenvalue weighted by atomic mass is 9.90. The normalized spacial score (nSPS) is 22.6. The lowest BCUT2D eigenvalue weighted by Gasteiger charge is -2.32. The molecule has 2 atom stereocenters. The van der Waals surface area contributed by atoms with Crippen molar-refractivity contribution in [1.82, 2.24) is 20.3 Å². The van der Waals surface area contributed by atoms with Crippen LogP contribution in [-0.4, -0.2) is 26.1 Å². The SMILES string of the molecule is Cc1ccc(CN[C@H]2CCCC[C@H]2n2cc(CO)nn2)s1. The molecule has 1 fully saturated rings. The fraction of sp³-hybridized carbons (Fsp3) is 0.600. The zero-order valence-electron chi connectivity index (χ0n) is 12.3. The zero-order valence-corrected chi connectivity index (χ0v) is 13.1. The van der Waals surface area contributed by atoms with Gasteiger partial charge in [-0.15, -0.1) is 16.4 Å². The van der Waals surface area contributed by atoms with Crippen LogP contribution in [0, 0.1) is 6.92 Å². The minimum atomic E-state index is -0.0424. The Bertz CT molecular complexity index is 580. The average molecular weight is 306 g/mol. The molecule has 0 radical (unpaired) electrons. The van der Waals surface area contributed by atoms with Gasteiger partial charge < -0.3 is 10.4 Å². The number of aliphatic hydroxyl groups is 1. The highest BCUT2D eigenvalue weighted by Gasteiger charge is 2.27. The summed E-state index contributed by atoms with van der Waals surface area (Å²) in [7, 11) is 0. The van der Waals surface area contributed by atoms with E-state index in [1.165, 1.54) is 29.0 Å². The molecule has 0 bridgehead atoms. The number of nitrogens with one attached hydrogen (secondary N) is 1. The third-order valence-electron chi connectivity index (χ3n) is 4.12. The smallest absolute Gasteiger partial charge is 0.108 e. The summed E-state index contributed by atoms with van der Waals surface area (Å²) in [6.07, 6.45) is 6.66. The standard InChI is InChI=1S/C15H22N4OS/c1-11-6-7-13(21-11)8-16-14-4-2-3-5-15(14)19-9-12(10-20)17-18-19/h6-7,9,14-16,20H,2-5,8,10H2,1H3/t14-,15+/m0/s1. The van der Waals surface area contributed by atoms with Crippen LogP contribution in [-0.2, 0) is 13.2 Å².